The Labute approximate surface area is 116 Å². The number of hydrogen-bond donors (Lipinski definition) is 1. The molecule has 0 aliphatic heterocycles. The number of ether oxygens (including phenoxy) is 1. The van der Waals surface area contributed by atoms with E-state index in [1.165, 1.54) is 5.56 Å². The van der Waals surface area contributed by atoms with Crippen molar-refractivity contribution in [2.45, 2.75) is 18.3 Å². The summed E-state index contributed by atoms with van der Waals surface area (Å²) < 4.78 is 5.15. The molecule has 1 saturated carbocycles. The molecule has 1 aromatic carbocycles. The van der Waals surface area contributed by atoms with Crippen molar-refractivity contribution < 1.29 is 4.74 Å². The fourth-order valence-corrected chi connectivity index (χ4v) is 2.76. The minimum Gasteiger partial charge on any atom is -0.481 e. The first-order chi connectivity index (χ1) is 9.82. The maximum Gasteiger partial charge on any atom is 0.215 e. The van der Waals surface area contributed by atoms with Crippen LogP contribution in [0.15, 0.2) is 42.5 Å². The summed E-state index contributed by atoms with van der Waals surface area (Å²) in [4.78, 5) is 12.5. The predicted octanol–water partition coefficient (Wildman–Crippen LogP) is 3.05. The van der Waals surface area contributed by atoms with Gasteiger partial charge in [0.05, 0.1) is 18.0 Å². The minimum absolute atomic E-state index is 0.0508. The average molecular weight is 265 g/mol. The lowest BCUT2D eigenvalue weighted by atomic mass is 9.95. The van der Waals surface area contributed by atoms with Gasteiger partial charge in [0, 0.05) is 6.07 Å². The quantitative estimate of drug-likeness (QED) is 0.792. The standard InChI is InChI=1S/C16H15N3O/c1-20-13-8-7-12-14(18-13)19-15(17-12)16(9-10-16)11-5-3-2-4-6-11/h2-8H,9-10H2,1H3,(H,17,18,19). The van der Waals surface area contributed by atoms with Crippen LogP contribution < -0.4 is 4.74 Å². The molecule has 1 aliphatic carbocycles. The van der Waals surface area contributed by atoms with Crippen molar-refractivity contribution in [1.82, 2.24) is 15.0 Å². The molecular weight excluding hydrogens is 250 g/mol. The Kier molecular flexibility index (Phi) is 2.33. The highest BCUT2D eigenvalue weighted by Gasteiger charge is 2.48. The van der Waals surface area contributed by atoms with Gasteiger partial charge in [0.25, 0.3) is 0 Å². The third kappa shape index (κ3) is 1.61. The number of H-pyrrole nitrogens is 1. The number of nitrogens with zero attached hydrogens (tertiary/aromatic N) is 2. The lowest BCUT2D eigenvalue weighted by molar-refractivity contribution is 0.399. The number of rotatable bonds is 3. The zero-order valence-electron chi connectivity index (χ0n) is 11.3. The van der Waals surface area contributed by atoms with E-state index in [0.717, 1.165) is 29.8 Å². The fourth-order valence-electron chi connectivity index (χ4n) is 2.76. The summed E-state index contributed by atoms with van der Waals surface area (Å²) in [7, 11) is 1.62. The largest absolute Gasteiger partial charge is 0.481 e. The second-order valence-electron chi connectivity index (χ2n) is 5.26. The first-order valence-electron chi connectivity index (χ1n) is 6.79. The van der Waals surface area contributed by atoms with Crippen molar-refractivity contribution in [2.24, 2.45) is 0 Å². The Morgan fingerprint density at radius 3 is 2.55 bits per heavy atom. The van der Waals surface area contributed by atoms with Crippen LogP contribution in [0.2, 0.25) is 0 Å². The van der Waals surface area contributed by atoms with E-state index in [4.69, 9.17) is 4.74 Å². The summed E-state index contributed by atoms with van der Waals surface area (Å²) in [5.74, 6) is 1.61. The molecule has 0 radical (unpaired) electrons. The summed E-state index contributed by atoms with van der Waals surface area (Å²) in [5.41, 5.74) is 3.06. The van der Waals surface area contributed by atoms with E-state index in [0.29, 0.717) is 5.88 Å². The molecule has 1 fully saturated rings. The van der Waals surface area contributed by atoms with E-state index in [1.807, 2.05) is 18.2 Å². The van der Waals surface area contributed by atoms with Crippen molar-refractivity contribution >= 4 is 11.2 Å². The van der Waals surface area contributed by atoms with Gasteiger partial charge in [0.2, 0.25) is 5.88 Å². The molecule has 2 heterocycles. The number of fused-ring (bicyclic) bond motifs is 1. The Hall–Kier alpha value is -2.36. The van der Waals surface area contributed by atoms with Gasteiger partial charge in [0.15, 0.2) is 5.65 Å². The molecule has 2 aromatic heterocycles. The molecule has 0 saturated heterocycles. The summed E-state index contributed by atoms with van der Waals surface area (Å²) in [6.07, 6.45) is 2.27. The fraction of sp³-hybridized carbons (Fsp3) is 0.250. The third-order valence-corrected chi connectivity index (χ3v) is 4.06. The van der Waals surface area contributed by atoms with Crippen molar-refractivity contribution in [1.29, 1.82) is 0 Å². The highest BCUT2D eigenvalue weighted by atomic mass is 16.5. The predicted molar refractivity (Wildman–Crippen MR) is 76.9 cm³/mol. The van der Waals surface area contributed by atoms with E-state index in [9.17, 15) is 0 Å². The second kappa shape index (κ2) is 4.07. The summed E-state index contributed by atoms with van der Waals surface area (Å²) >= 11 is 0. The summed E-state index contributed by atoms with van der Waals surface area (Å²) in [6, 6.07) is 14.4. The van der Waals surface area contributed by atoms with Gasteiger partial charge in [-0.25, -0.2) is 4.98 Å². The third-order valence-electron chi connectivity index (χ3n) is 4.06. The molecular formula is C16H15N3O. The molecule has 1 aliphatic rings. The highest BCUT2D eigenvalue weighted by Crippen LogP contribution is 2.52. The van der Waals surface area contributed by atoms with E-state index in [1.54, 1.807) is 7.11 Å². The van der Waals surface area contributed by atoms with E-state index < -0.39 is 0 Å². The topological polar surface area (TPSA) is 50.8 Å². The molecule has 20 heavy (non-hydrogen) atoms. The number of benzene rings is 1. The van der Waals surface area contributed by atoms with Crippen LogP contribution in [-0.4, -0.2) is 22.1 Å². The number of aromatic nitrogens is 3. The normalized spacial score (nSPS) is 16.2. The molecule has 4 nitrogen and oxygen atoms in total. The summed E-state index contributed by atoms with van der Waals surface area (Å²) in [5, 5.41) is 0. The zero-order valence-corrected chi connectivity index (χ0v) is 11.3. The molecule has 0 atom stereocenters. The maximum absolute atomic E-state index is 5.15. The molecule has 4 rings (SSSR count). The molecule has 0 unspecified atom stereocenters. The van der Waals surface area contributed by atoms with E-state index in [2.05, 4.69) is 39.2 Å². The zero-order chi connectivity index (χ0) is 13.6. The lowest BCUT2D eigenvalue weighted by Gasteiger charge is -2.12. The van der Waals surface area contributed by atoms with Crippen LogP contribution in [0, 0.1) is 0 Å². The number of aromatic amines is 1. The van der Waals surface area contributed by atoms with E-state index >= 15 is 0 Å². The first kappa shape index (κ1) is 11.5. The molecule has 1 N–H and O–H groups in total. The van der Waals surface area contributed by atoms with Crippen LogP contribution in [0.1, 0.15) is 24.2 Å². The van der Waals surface area contributed by atoms with Crippen molar-refractivity contribution in [2.75, 3.05) is 7.11 Å². The van der Waals surface area contributed by atoms with Crippen LogP contribution in [0.25, 0.3) is 11.2 Å². The highest BCUT2D eigenvalue weighted by molar-refractivity contribution is 5.72. The van der Waals surface area contributed by atoms with Crippen molar-refractivity contribution in [3.8, 4) is 5.88 Å². The SMILES string of the molecule is COc1ccc2[nH]c(C3(c4ccccc4)CC3)nc2n1. The average Bonchev–Trinajstić information content (AvgIpc) is 3.21. The van der Waals surface area contributed by atoms with E-state index in [-0.39, 0.29) is 5.41 Å². The molecule has 0 spiro atoms. The molecule has 0 bridgehead atoms. The smallest absolute Gasteiger partial charge is 0.215 e. The number of nitrogens with one attached hydrogen (secondary N) is 1. The number of hydrogen-bond acceptors (Lipinski definition) is 3. The van der Waals surface area contributed by atoms with Crippen molar-refractivity contribution in [3.63, 3.8) is 0 Å². The molecule has 4 heteroatoms. The van der Waals surface area contributed by atoms with Crippen LogP contribution in [0.3, 0.4) is 0 Å². The van der Waals surface area contributed by atoms with Gasteiger partial charge in [-0.3, -0.25) is 0 Å². The second-order valence-corrected chi connectivity index (χ2v) is 5.26. The number of imidazole rings is 1. The van der Waals surface area contributed by atoms with Crippen molar-refractivity contribution in [3.05, 3.63) is 53.9 Å². The number of methoxy groups -OCH3 is 1. The molecule has 0 amide bonds. The monoisotopic (exact) mass is 265 g/mol. The number of pyridine rings is 1. The maximum atomic E-state index is 5.15. The van der Waals surface area contributed by atoms with Crippen LogP contribution in [0.5, 0.6) is 5.88 Å². The van der Waals surface area contributed by atoms with Gasteiger partial charge in [0.1, 0.15) is 5.82 Å². The lowest BCUT2D eigenvalue weighted by Crippen LogP contribution is -2.10. The van der Waals surface area contributed by atoms with Crippen LogP contribution >= 0.6 is 0 Å². The van der Waals surface area contributed by atoms with Crippen LogP contribution in [-0.2, 0) is 5.41 Å². The Morgan fingerprint density at radius 1 is 1.05 bits per heavy atom. The molecule has 3 aromatic rings. The van der Waals surface area contributed by atoms with Gasteiger partial charge < -0.3 is 9.72 Å². The molecule has 100 valence electrons. The van der Waals surface area contributed by atoms with Gasteiger partial charge in [-0.05, 0) is 24.5 Å². The Balaban J connectivity index is 1.83. The van der Waals surface area contributed by atoms with Gasteiger partial charge in [-0.1, -0.05) is 30.3 Å². The summed E-state index contributed by atoms with van der Waals surface area (Å²) in [6.45, 7) is 0. The van der Waals surface area contributed by atoms with Gasteiger partial charge >= 0.3 is 0 Å². The van der Waals surface area contributed by atoms with Crippen LogP contribution in [0.4, 0.5) is 0 Å². The van der Waals surface area contributed by atoms with Gasteiger partial charge in [-0.15, -0.1) is 0 Å². The van der Waals surface area contributed by atoms with Gasteiger partial charge in [-0.2, -0.15) is 4.98 Å². The Bertz CT molecular complexity index is 760. The Morgan fingerprint density at radius 2 is 1.85 bits per heavy atom. The minimum atomic E-state index is 0.0508. The first-order valence-corrected chi connectivity index (χ1v) is 6.79.